The minimum absolute atomic E-state index is 0.227. The lowest BCUT2D eigenvalue weighted by atomic mass is 10.1. The molecular formula is C23H22N4O4S. The van der Waals surface area contributed by atoms with Crippen LogP contribution in [0.3, 0.4) is 0 Å². The standard InChI is InChI=1S/C23H22N4O4S/c28-15-7-9-27(10-8-15)23-25-13-16(32-23)12-24-21(29)14-5-6-20-18(11-14)26-22(30)17-3-1-2-4-19(17)31-20/h1-6,11,13,15,28H,7-10,12H2,(H,24,29)(H,26,30). The molecule has 0 aliphatic carbocycles. The summed E-state index contributed by atoms with van der Waals surface area (Å²) in [5.41, 5.74) is 1.32. The fourth-order valence-electron chi connectivity index (χ4n) is 3.76. The number of aliphatic hydroxyl groups is 1. The second-order valence-corrected chi connectivity index (χ2v) is 8.87. The number of carbonyl (C=O) groups excluding carboxylic acids is 2. The highest BCUT2D eigenvalue weighted by molar-refractivity contribution is 7.15. The van der Waals surface area contributed by atoms with Crippen LogP contribution >= 0.6 is 11.3 Å². The molecule has 0 atom stereocenters. The molecule has 2 aliphatic rings. The minimum atomic E-state index is -0.278. The Kier molecular flexibility index (Phi) is 5.50. The lowest BCUT2D eigenvalue weighted by Crippen LogP contribution is -2.35. The summed E-state index contributed by atoms with van der Waals surface area (Å²) in [5, 5.41) is 16.3. The number of anilines is 2. The quantitative estimate of drug-likeness (QED) is 0.563. The van der Waals surface area contributed by atoms with Gasteiger partial charge in [-0.2, -0.15) is 0 Å². The van der Waals surface area contributed by atoms with Crippen LogP contribution in [0.4, 0.5) is 10.8 Å². The summed E-state index contributed by atoms with van der Waals surface area (Å²) >= 11 is 1.54. The Hall–Kier alpha value is -3.43. The summed E-state index contributed by atoms with van der Waals surface area (Å²) in [6, 6.07) is 12.0. The third-order valence-electron chi connectivity index (χ3n) is 5.54. The molecule has 1 aromatic heterocycles. The van der Waals surface area contributed by atoms with Crippen LogP contribution in [0.25, 0.3) is 0 Å². The number of aliphatic hydroxyl groups excluding tert-OH is 1. The van der Waals surface area contributed by atoms with Gasteiger partial charge in [0.25, 0.3) is 11.8 Å². The number of hydrogen-bond acceptors (Lipinski definition) is 7. The number of thiazole rings is 1. The Labute approximate surface area is 188 Å². The molecule has 3 aromatic rings. The molecule has 8 nitrogen and oxygen atoms in total. The predicted octanol–water partition coefficient (Wildman–Crippen LogP) is 3.39. The zero-order valence-electron chi connectivity index (χ0n) is 17.2. The van der Waals surface area contributed by atoms with Crippen molar-refractivity contribution in [3.8, 4) is 11.5 Å². The van der Waals surface area contributed by atoms with Gasteiger partial charge in [-0.25, -0.2) is 4.98 Å². The number of ether oxygens (including phenoxy) is 1. The first-order chi connectivity index (χ1) is 15.6. The maximum absolute atomic E-state index is 12.7. The van der Waals surface area contributed by atoms with Crippen LogP contribution in [0.2, 0.25) is 0 Å². The first kappa shape index (κ1) is 20.5. The van der Waals surface area contributed by atoms with E-state index in [0.717, 1.165) is 35.9 Å². The van der Waals surface area contributed by atoms with Crippen LogP contribution in [0.15, 0.2) is 48.7 Å². The minimum Gasteiger partial charge on any atom is -0.454 e. The monoisotopic (exact) mass is 450 g/mol. The van der Waals surface area contributed by atoms with Crippen molar-refractivity contribution >= 4 is 34.0 Å². The Morgan fingerprint density at radius 3 is 2.88 bits per heavy atom. The lowest BCUT2D eigenvalue weighted by Gasteiger charge is -2.29. The van der Waals surface area contributed by atoms with Gasteiger partial charge >= 0.3 is 0 Å². The van der Waals surface area contributed by atoms with E-state index in [-0.39, 0.29) is 17.9 Å². The average Bonchev–Trinajstić information content (AvgIpc) is 3.23. The second kappa shape index (κ2) is 8.60. The zero-order valence-corrected chi connectivity index (χ0v) is 18.0. The molecule has 0 saturated carbocycles. The van der Waals surface area contributed by atoms with E-state index in [0.29, 0.717) is 34.9 Å². The van der Waals surface area contributed by atoms with Crippen molar-refractivity contribution in [1.29, 1.82) is 0 Å². The van der Waals surface area contributed by atoms with Gasteiger partial charge in [-0.15, -0.1) is 11.3 Å². The van der Waals surface area contributed by atoms with E-state index < -0.39 is 0 Å². The molecule has 0 unspecified atom stereocenters. The van der Waals surface area contributed by atoms with Crippen LogP contribution in [-0.2, 0) is 6.54 Å². The first-order valence-electron chi connectivity index (χ1n) is 10.4. The highest BCUT2D eigenvalue weighted by Gasteiger charge is 2.22. The Morgan fingerprint density at radius 2 is 2.03 bits per heavy atom. The summed E-state index contributed by atoms with van der Waals surface area (Å²) in [7, 11) is 0. The number of amides is 2. The normalized spacial score (nSPS) is 15.8. The topological polar surface area (TPSA) is 104 Å². The second-order valence-electron chi connectivity index (χ2n) is 7.77. The number of aromatic nitrogens is 1. The average molecular weight is 451 g/mol. The number of para-hydroxylation sites is 1. The van der Waals surface area contributed by atoms with Gasteiger partial charge in [0.15, 0.2) is 10.9 Å². The third-order valence-corrected chi connectivity index (χ3v) is 6.60. The molecule has 1 fully saturated rings. The predicted molar refractivity (Wildman–Crippen MR) is 122 cm³/mol. The molecular weight excluding hydrogens is 428 g/mol. The van der Waals surface area contributed by atoms with Crippen molar-refractivity contribution in [2.45, 2.75) is 25.5 Å². The molecule has 0 spiro atoms. The number of benzene rings is 2. The Morgan fingerprint density at radius 1 is 1.22 bits per heavy atom. The number of rotatable bonds is 4. The van der Waals surface area contributed by atoms with Gasteiger partial charge in [-0.05, 0) is 43.2 Å². The van der Waals surface area contributed by atoms with E-state index in [1.54, 1.807) is 48.7 Å². The van der Waals surface area contributed by atoms with E-state index in [1.165, 1.54) is 11.3 Å². The number of hydrogen-bond donors (Lipinski definition) is 3. The van der Waals surface area contributed by atoms with Gasteiger partial charge in [0.2, 0.25) is 0 Å². The molecule has 2 aromatic carbocycles. The number of carbonyl (C=O) groups is 2. The third kappa shape index (κ3) is 4.17. The SMILES string of the molecule is O=C(NCc1cnc(N2CCC(O)CC2)s1)c1ccc2c(c1)NC(=O)c1ccccc1O2. The van der Waals surface area contributed by atoms with Gasteiger partial charge in [0, 0.05) is 29.7 Å². The van der Waals surface area contributed by atoms with Crippen molar-refractivity contribution < 1.29 is 19.4 Å². The van der Waals surface area contributed by atoms with Crippen LogP contribution in [-0.4, -0.2) is 41.1 Å². The molecule has 3 heterocycles. The maximum Gasteiger partial charge on any atom is 0.259 e. The molecule has 32 heavy (non-hydrogen) atoms. The van der Waals surface area contributed by atoms with Gasteiger partial charge in [0.1, 0.15) is 5.75 Å². The summed E-state index contributed by atoms with van der Waals surface area (Å²) in [4.78, 5) is 32.8. The summed E-state index contributed by atoms with van der Waals surface area (Å²) < 4.78 is 5.86. The van der Waals surface area contributed by atoms with Crippen molar-refractivity contribution in [3.05, 3.63) is 64.7 Å². The van der Waals surface area contributed by atoms with Crippen molar-refractivity contribution in [3.63, 3.8) is 0 Å². The molecule has 0 radical (unpaired) electrons. The van der Waals surface area contributed by atoms with Crippen molar-refractivity contribution in [1.82, 2.24) is 10.3 Å². The summed E-state index contributed by atoms with van der Waals surface area (Å²) in [6.45, 7) is 1.93. The Bertz CT molecular complexity index is 1170. The van der Waals surface area contributed by atoms with Crippen LogP contribution in [0.1, 0.15) is 38.4 Å². The van der Waals surface area contributed by atoms with Crippen LogP contribution in [0.5, 0.6) is 11.5 Å². The number of nitrogens with zero attached hydrogens (tertiary/aromatic N) is 2. The Balaban J connectivity index is 1.24. The smallest absolute Gasteiger partial charge is 0.259 e. The number of piperidine rings is 1. The van der Waals surface area contributed by atoms with Gasteiger partial charge in [-0.1, -0.05) is 12.1 Å². The van der Waals surface area contributed by atoms with Crippen LogP contribution < -0.4 is 20.3 Å². The zero-order chi connectivity index (χ0) is 22.1. The maximum atomic E-state index is 12.7. The van der Waals surface area contributed by atoms with E-state index in [2.05, 4.69) is 20.5 Å². The van der Waals surface area contributed by atoms with Gasteiger partial charge < -0.3 is 25.4 Å². The van der Waals surface area contributed by atoms with Crippen molar-refractivity contribution in [2.75, 3.05) is 23.3 Å². The van der Waals surface area contributed by atoms with E-state index in [4.69, 9.17) is 4.74 Å². The summed E-state index contributed by atoms with van der Waals surface area (Å²) in [5.74, 6) is 0.433. The highest BCUT2D eigenvalue weighted by Crippen LogP contribution is 2.36. The number of fused-ring (bicyclic) bond motifs is 2. The fourth-order valence-corrected chi connectivity index (χ4v) is 4.66. The largest absolute Gasteiger partial charge is 0.454 e. The molecule has 2 amide bonds. The molecule has 164 valence electrons. The first-order valence-corrected chi connectivity index (χ1v) is 11.3. The molecule has 2 aliphatic heterocycles. The van der Waals surface area contributed by atoms with E-state index >= 15 is 0 Å². The molecule has 3 N–H and O–H groups in total. The lowest BCUT2D eigenvalue weighted by molar-refractivity contribution is 0.0950. The van der Waals surface area contributed by atoms with Crippen LogP contribution in [0, 0.1) is 0 Å². The van der Waals surface area contributed by atoms with E-state index in [1.807, 2.05) is 0 Å². The molecule has 1 saturated heterocycles. The van der Waals surface area contributed by atoms with E-state index in [9.17, 15) is 14.7 Å². The molecule has 9 heteroatoms. The fraction of sp³-hybridized carbons (Fsp3) is 0.261. The molecule has 5 rings (SSSR count). The van der Waals surface area contributed by atoms with Gasteiger partial charge in [0.05, 0.1) is 23.9 Å². The van der Waals surface area contributed by atoms with Gasteiger partial charge in [-0.3, -0.25) is 9.59 Å². The highest BCUT2D eigenvalue weighted by atomic mass is 32.1. The van der Waals surface area contributed by atoms with Crippen molar-refractivity contribution in [2.24, 2.45) is 0 Å². The summed E-state index contributed by atoms with van der Waals surface area (Å²) in [6.07, 6.45) is 3.04. The molecule has 0 bridgehead atoms. The number of nitrogens with one attached hydrogen (secondary N) is 2.